The second-order valence-corrected chi connectivity index (χ2v) is 4.12. The van der Waals surface area contributed by atoms with Crippen LogP contribution in [-0.4, -0.2) is 29.9 Å². The third-order valence-corrected chi connectivity index (χ3v) is 3.13. The minimum absolute atomic E-state index is 0.0676. The van der Waals surface area contributed by atoms with Gasteiger partial charge in [0.05, 0.1) is 18.5 Å². The second kappa shape index (κ2) is 5.72. The highest BCUT2D eigenvalue weighted by atomic mass is 16.1. The van der Waals surface area contributed by atoms with E-state index in [0.717, 1.165) is 32.2 Å². The Balaban J connectivity index is 2.64. The van der Waals surface area contributed by atoms with E-state index in [9.17, 15) is 4.79 Å². The van der Waals surface area contributed by atoms with Crippen molar-refractivity contribution in [1.29, 1.82) is 5.26 Å². The Kier molecular flexibility index (Phi) is 4.57. The van der Waals surface area contributed by atoms with Crippen LogP contribution < -0.4 is 5.73 Å². The van der Waals surface area contributed by atoms with Gasteiger partial charge in [0.15, 0.2) is 0 Å². The number of nitrogens with two attached hydrogens (primary N) is 1. The van der Waals surface area contributed by atoms with Crippen molar-refractivity contribution in [3.63, 3.8) is 0 Å². The summed E-state index contributed by atoms with van der Waals surface area (Å²) in [4.78, 5) is 12.9. The summed E-state index contributed by atoms with van der Waals surface area (Å²) in [6.45, 7) is 3.07. The predicted octanol–water partition coefficient (Wildman–Crippen LogP) is 0.876. The number of rotatable bonds is 4. The van der Waals surface area contributed by atoms with Crippen LogP contribution in [0.15, 0.2) is 0 Å². The van der Waals surface area contributed by atoms with Crippen LogP contribution >= 0.6 is 0 Å². The average Bonchev–Trinajstić information content (AvgIpc) is 2.25. The van der Waals surface area contributed by atoms with Crippen LogP contribution in [0.25, 0.3) is 0 Å². The van der Waals surface area contributed by atoms with Gasteiger partial charge in [-0.05, 0) is 19.4 Å². The molecule has 0 aromatic heterocycles. The molecule has 2 unspecified atom stereocenters. The molecule has 0 spiro atoms. The lowest BCUT2D eigenvalue weighted by molar-refractivity contribution is -0.120. The quantitative estimate of drug-likeness (QED) is 0.747. The number of hydrogen-bond donors (Lipinski definition) is 1. The summed E-state index contributed by atoms with van der Waals surface area (Å²) >= 11 is 0. The van der Waals surface area contributed by atoms with Crippen molar-refractivity contribution in [3.8, 4) is 6.07 Å². The van der Waals surface area contributed by atoms with Gasteiger partial charge in [-0.3, -0.25) is 9.69 Å². The van der Waals surface area contributed by atoms with Gasteiger partial charge in [0.1, 0.15) is 0 Å². The van der Waals surface area contributed by atoms with E-state index in [0.29, 0.717) is 0 Å². The molecule has 1 amide bonds. The molecule has 0 radical (unpaired) electrons. The van der Waals surface area contributed by atoms with Crippen LogP contribution in [0.5, 0.6) is 0 Å². The van der Waals surface area contributed by atoms with Crippen LogP contribution in [0, 0.1) is 17.2 Å². The molecular weight excluding hydrogens is 190 g/mol. The fourth-order valence-electron chi connectivity index (χ4n) is 2.36. The molecule has 1 saturated carbocycles. The van der Waals surface area contributed by atoms with E-state index in [1.807, 2.05) is 11.8 Å². The summed E-state index contributed by atoms with van der Waals surface area (Å²) in [5.41, 5.74) is 5.20. The zero-order valence-electron chi connectivity index (χ0n) is 9.28. The molecule has 1 fully saturated rings. The summed E-state index contributed by atoms with van der Waals surface area (Å²) < 4.78 is 0. The number of nitriles is 1. The number of nitrogens with zero attached hydrogens (tertiary/aromatic N) is 2. The number of primary amides is 1. The largest absolute Gasteiger partial charge is 0.369 e. The number of hydrogen-bond acceptors (Lipinski definition) is 3. The van der Waals surface area contributed by atoms with Gasteiger partial charge in [-0.1, -0.05) is 19.8 Å². The normalized spacial score (nSPS) is 26.2. The molecule has 4 heteroatoms. The minimum Gasteiger partial charge on any atom is -0.369 e. The van der Waals surface area contributed by atoms with E-state index >= 15 is 0 Å². The van der Waals surface area contributed by atoms with E-state index in [2.05, 4.69) is 6.07 Å². The van der Waals surface area contributed by atoms with Gasteiger partial charge in [0.2, 0.25) is 5.91 Å². The minimum atomic E-state index is -0.306. The van der Waals surface area contributed by atoms with Crippen molar-refractivity contribution in [1.82, 2.24) is 4.90 Å². The molecule has 0 bridgehead atoms. The lowest BCUT2D eigenvalue weighted by atomic mass is 9.84. The molecule has 4 nitrogen and oxygen atoms in total. The number of likely N-dealkylation sites (N-methyl/N-ethyl adjacent to an activating group) is 1. The molecule has 1 aliphatic rings. The number of amides is 1. The maximum Gasteiger partial charge on any atom is 0.231 e. The maximum absolute atomic E-state index is 10.9. The molecule has 0 aromatic rings. The van der Waals surface area contributed by atoms with Crippen molar-refractivity contribution < 1.29 is 4.79 Å². The Morgan fingerprint density at radius 1 is 1.53 bits per heavy atom. The number of carbonyl (C=O) groups is 1. The molecule has 1 aliphatic carbocycles. The highest BCUT2D eigenvalue weighted by Gasteiger charge is 2.29. The Morgan fingerprint density at radius 2 is 2.20 bits per heavy atom. The first-order valence-electron chi connectivity index (χ1n) is 5.61. The monoisotopic (exact) mass is 209 g/mol. The lowest BCUT2D eigenvalue weighted by Gasteiger charge is -2.35. The highest BCUT2D eigenvalue weighted by Crippen LogP contribution is 2.27. The molecule has 0 saturated heterocycles. The summed E-state index contributed by atoms with van der Waals surface area (Å²) in [6.07, 6.45) is 4.25. The topological polar surface area (TPSA) is 70.1 Å². The number of carbonyl (C=O) groups excluding carboxylic acids is 1. The Morgan fingerprint density at radius 3 is 2.73 bits per heavy atom. The third-order valence-electron chi connectivity index (χ3n) is 3.13. The summed E-state index contributed by atoms with van der Waals surface area (Å²) in [5, 5.41) is 9.05. The average molecular weight is 209 g/mol. The van der Waals surface area contributed by atoms with Crippen LogP contribution in [0.2, 0.25) is 0 Å². The van der Waals surface area contributed by atoms with E-state index < -0.39 is 0 Å². The van der Waals surface area contributed by atoms with Crippen molar-refractivity contribution in [2.45, 2.75) is 38.6 Å². The SMILES string of the molecule is CCN(CC(N)=O)C1CCCCC1C#N. The summed E-state index contributed by atoms with van der Waals surface area (Å²) in [7, 11) is 0. The van der Waals surface area contributed by atoms with E-state index in [4.69, 9.17) is 11.0 Å². The first-order chi connectivity index (χ1) is 7.19. The summed E-state index contributed by atoms with van der Waals surface area (Å²) in [6, 6.07) is 2.57. The van der Waals surface area contributed by atoms with Crippen molar-refractivity contribution >= 4 is 5.91 Å². The molecule has 84 valence electrons. The van der Waals surface area contributed by atoms with Gasteiger partial charge in [0, 0.05) is 6.04 Å². The van der Waals surface area contributed by atoms with Gasteiger partial charge in [-0.2, -0.15) is 5.26 Å². The fraction of sp³-hybridized carbons (Fsp3) is 0.818. The predicted molar refractivity (Wildman–Crippen MR) is 57.8 cm³/mol. The first-order valence-corrected chi connectivity index (χ1v) is 5.61. The first kappa shape index (κ1) is 12.0. The van der Waals surface area contributed by atoms with Crippen LogP contribution in [0.1, 0.15) is 32.6 Å². The van der Waals surface area contributed by atoms with Gasteiger partial charge in [-0.25, -0.2) is 0 Å². The zero-order chi connectivity index (χ0) is 11.3. The van der Waals surface area contributed by atoms with Crippen LogP contribution in [-0.2, 0) is 4.79 Å². The van der Waals surface area contributed by atoms with Gasteiger partial charge < -0.3 is 5.73 Å². The molecule has 0 aliphatic heterocycles. The highest BCUT2D eigenvalue weighted by molar-refractivity contribution is 5.75. The molecule has 2 atom stereocenters. The van der Waals surface area contributed by atoms with Crippen molar-refractivity contribution in [2.75, 3.05) is 13.1 Å². The van der Waals surface area contributed by atoms with E-state index in [1.54, 1.807) is 0 Å². The third kappa shape index (κ3) is 3.21. The molecule has 15 heavy (non-hydrogen) atoms. The Labute approximate surface area is 91.0 Å². The van der Waals surface area contributed by atoms with Crippen molar-refractivity contribution in [3.05, 3.63) is 0 Å². The molecule has 2 N–H and O–H groups in total. The zero-order valence-corrected chi connectivity index (χ0v) is 9.28. The molecule has 0 aromatic carbocycles. The van der Waals surface area contributed by atoms with E-state index in [-0.39, 0.29) is 24.4 Å². The molecule has 0 heterocycles. The smallest absolute Gasteiger partial charge is 0.231 e. The molecule has 1 rings (SSSR count). The van der Waals surface area contributed by atoms with Crippen LogP contribution in [0.3, 0.4) is 0 Å². The van der Waals surface area contributed by atoms with Gasteiger partial charge >= 0.3 is 0 Å². The second-order valence-electron chi connectivity index (χ2n) is 4.12. The molecular formula is C11H19N3O. The Hall–Kier alpha value is -1.08. The Bertz CT molecular complexity index is 259. The maximum atomic E-state index is 10.9. The standard InChI is InChI=1S/C11H19N3O/c1-2-14(8-11(13)15)10-6-4-3-5-9(10)7-12/h9-10H,2-6,8H2,1H3,(H2,13,15). The lowest BCUT2D eigenvalue weighted by Crippen LogP contribution is -2.45. The fourth-order valence-corrected chi connectivity index (χ4v) is 2.36. The van der Waals surface area contributed by atoms with E-state index in [1.165, 1.54) is 0 Å². The van der Waals surface area contributed by atoms with Crippen molar-refractivity contribution in [2.24, 2.45) is 11.7 Å². The summed E-state index contributed by atoms with van der Waals surface area (Å²) in [5.74, 6) is -0.239. The van der Waals surface area contributed by atoms with Gasteiger partial charge in [-0.15, -0.1) is 0 Å². The van der Waals surface area contributed by atoms with Gasteiger partial charge in [0.25, 0.3) is 0 Å². The van der Waals surface area contributed by atoms with Crippen LogP contribution in [0.4, 0.5) is 0 Å².